The number of carbonyl (C=O) groups is 1. The molecule has 0 aliphatic heterocycles. The third kappa shape index (κ3) is 4.75. The van der Waals surface area contributed by atoms with Crippen LogP contribution in [0.15, 0.2) is 79.0 Å². The molecule has 0 aliphatic carbocycles. The molecule has 0 fully saturated rings. The van der Waals surface area contributed by atoms with E-state index < -0.39 is 0 Å². The van der Waals surface area contributed by atoms with Gasteiger partial charge in [-0.2, -0.15) is 0 Å². The third-order valence-corrected chi connectivity index (χ3v) is 5.89. The first kappa shape index (κ1) is 21.8. The first-order valence-corrected chi connectivity index (χ1v) is 11.0. The number of halogens is 1. The Morgan fingerprint density at radius 3 is 2.31 bits per heavy atom. The van der Waals surface area contributed by atoms with Crippen LogP contribution >= 0.6 is 0 Å². The molecule has 164 valence electrons. The second-order valence-electron chi connectivity index (χ2n) is 9.27. The van der Waals surface area contributed by atoms with E-state index in [1.807, 2.05) is 23.1 Å². The predicted molar refractivity (Wildman–Crippen MR) is 128 cm³/mol. The number of nitrogens with one attached hydrogen (secondary N) is 1. The fourth-order valence-corrected chi connectivity index (χ4v) is 3.96. The van der Waals surface area contributed by atoms with Crippen LogP contribution in [0, 0.1) is 5.82 Å². The van der Waals surface area contributed by atoms with Crippen LogP contribution in [0.2, 0.25) is 0 Å². The first-order chi connectivity index (χ1) is 15.3. The fourth-order valence-electron chi connectivity index (χ4n) is 3.96. The molecule has 1 N–H and O–H groups in total. The minimum atomic E-state index is -0.327. The Kier molecular flexibility index (Phi) is 6.13. The molecule has 3 nitrogen and oxygen atoms in total. The first-order valence-electron chi connectivity index (χ1n) is 11.0. The van der Waals surface area contributed by atoms with Gasteiger partial charge in [-0.1, -0.05) is 75.4 Å². The van der Waals surface area contributed by atoms with Crippen LogP contribution in [0.5, 0.6) is 0 Å². The van der Waals surface area contributed by atoms with Crippen molar-refractivity contribution >= 4 is 16.8 Å². The second kappa shape index (κ2) is 8.99. The average Bonchev–Trinajstić information content (AvgIpc) is 3.28. The Labute approximate surface area is 188 Å². The number of benzene rings is 3. The zero-order chi connectivity index (χ0) is 22.7. The second-order valence-corrected chi connectivity index (χ2v) is 9.27. The summed E-state index contributed by atoms with van der Waals surface area (Å²) >= 11 is 0. The summed E-state index contributed by atoms with van der Waals surface area (Å²) in [6.07, 6.45) is 2.42. The number of H-pyrrole nitrogens is 1. The van der Waals surface area contributed by atoms with E-state index in [4.69, 9.17) is 0 Å². The Bertz CT molecular complexity index is 1200. The van der Waals surface area contributed by atoms with Crippen LogP contribution in [0.1, 0.15) is 47.8 Å². The van der Waals surface area contributed by atoms with Crippen molar-refractivity contribution in [3.8, 4) is 0 Å². The highest BCUT2D eigenvalue weighted by Crippen LogP contribution is 2.25. The average molecular weight is 429 g/mol. The monoisotopic (exact) mass is 428 g/mol. The van der Waals surface area contributed by atoms with Crippen molar-refractivity contribution in [3.05, 3.63) is 107 Å². The Morgan fingerprint density at radius 2 is 1.62 bits per heavy atom. The quantitative estimate of drug-likeness (QED) is 0.374. The highest BCUT2D eigenvalue weighted by molar-refractivity contribution is 6.05. The maximum Gasteiger partial charge on any atom is 0.256 e. The SMILES string of the molecule is CC(C)(C)c1ccc(CN(CCc2ccccc2)C(=O)c2ccc(F)c3cc[nH]c23)cc1. The van der Waals surface area contributed by atoms with Gasteiger partial charge >= 0.3 is 0 Å². The Morgan fingerprint density at radius 1 is 0.906 bits per heavy atom. The van der Waals surface area contributed by atoms with Crippen LogP contribution in [0.4, 0.5) is 4.39 Å². The lowest BCUT2D eigenvalue weighted by atomic mass is 9.87. The van der Waals surface area contributed by atoms with E-state index >= 15 is 0 Å². The number of aromatic amines is 1. The number of hydrogen-bond acceptors (Lipinski definition) is 1. The summed E-state index contributed by atoms with van der Waals surface area (Å²) in [6, 6.07) is 23.2. The molecule has 32 heavy (non-hydrogen) atoms. The summed E-state index contributed by atoms with van der Waals surface area (Å²) in [6.45, 7) is 7.63. The van der Waals surface area contributed by atoms with Gasteiger partial charge in [0.25, 0.3) is 5.91 Å². The van der Waals surface area contributed by atoms with Crippen LogP contribution in [-0.4, -0.2) is 22.3 Å². The summed E-state index contributed by atoms with van der Waals surface area (Å²) < 4.78 is 14.2. The lowest BCUT2D eigenvalue weighted by Crippen LogP contribution is -2.32. The molecule has 0 unspecified atom stereocenters. The van der Waals surface area contributed by atoms with Crippen molar-refractivity contribution in [2.75, 3.05) is 6.54 Å². The van der Waals surface area contributed by atoms with Gasteiger partial charge in [0.1, 0.15) is 5.82 Å². The van der Waals surface area contributed by atoms with Gasteiger partial charge in [0.05, 0.1) is 11.1 Å². The van der Waals surface area contributed by atoms with Crippen molar-refractivity contribution in [3.63, 3.8) is 0 Å². The van der Waals surface area contributed by atoms with Crippen LogP contribution < -0.4 is 0 Å². The molecule has 4 heteroatoms. The van der Waals surface area contributed by atoms with E-state index in [0.29, 0.717) is 29.6 Å². The molecule has 4 aromatic rings. The van der Waals surface area contributed by atoms with Gasteiger partial charge in [-0.25, -0.2) is 4.39 Å². The van der Waals surface area contributed by atoms with Crippen molar-refractivity contribution in [1.82, 2.24) is 9.88 Å². The topological polar surface area (TPSA) is 36.1 Å². The van der Waals surface area contributed by atoms with E-state index in [2.05, 4.69) is 62.2 Å². The van der Waals surface area contributed by atoms with Gasteiger partial charge in [-0.05, 0) is 46.7 Å². The maximum absolute atomic E-state index is 14.2. The molecule has 1 amide bonds. The molecule has 0 spiro atoms. The summed E-state index contributed by atoms with van der Waals surface area (Å²) in [5, 5.41) is 0.438. The molecule has 0 bridgehead atoms. The van der Waals surface area contributed by atoms with Gasteiger partial charge in [0, 0.05) is 24.7 Å². The zero-order valence-electron chi connectivity index (χ0n) is 18.9. The summed E-state index contributed by atoms with van der Waals surface area (Å²) in [4.78, 5) is 18.5. The Hall–Kier alpha value is -3.40. The largest absolute Gasteiger partial charge is 0.360 e. The van der Waals surface area contributed by atoms with Crippen molar-refractivity contribution < 1.29 is 9.18 Å². The third-order valence-electron chi connectivity index (χ3n) is 5.89. The van der Waals surface area contributed by atoms with E-state index in [-0.39, 0.29) is 17.1 Å². The molecule has 0 radical (unpaired) electrons. The number of aromatic nitrogens is 1. The minimum Gasteiger partial charge on any atom is -0.360 e. The molecule has 0 saturated carbocycles. The normalized spacial score (nSPS) is 11.6. The van der Waals surface area contributed by atoms with Crippen LogP contribution in [0.3, 0.4) is 0 Å². The number of fused-ring (bicyclic) bond motifs is 1. The highest BCUT2D eigenvalue weighted by Gasteiger charge is 2.21. The van der Waals surface area contributed by atoms with Crippen LogP contribution in [-0.2, 0) is 18.4 Å². The maximum atomic E-state index is 14.2. The smallest absolute Gasteiger partial charge is 0.256 e. The fraction of sp³-hybridized carbons (Fsp3) is 0.250. The van der Waals surface area contributed by atoms with E-state index in [1.54, 1.807) is 18.3 Å². The lowest BCUT2D eigenvalue weighted by molar-refractivity contribution is 0.0747. The predicted octanol–water partition coefficient (Wildman–Crippen LogP) is 6.49. The summed E-state index contributed by atoms with van der Waals surface area (Å²) in [5.41, 5.74) is 4.62. The van der Waals surface area contributed by atoms with Gasteiger partial charge < -0.3 is 9.88 Å². The molecular weight excluding hydrogens is 399 g/mol. The van der Waals surface area contributed by atoms with E-state index in [0.717, 1.165) is 12.0 Å². The van der Waals surface area contributed by atoms with Crippen molar-refractivity contribution in [2.24, 2.45) is 0 Å². The van der Waals surface area contributed by atoms with E-state index in [1.165, 1.54) is 17.2 Å². The zero-order valence-corrected chi connectivity index (χ0v) is 18.9. The van der Waals surface area contributed by atoms with E-state index in [9.17, 15) is 9.18 Å². The lowest BCUT2D eigenvalue weighted by Gasteiger charge is -2.24. The Balaban J connectivity index is 1.63. The molecule has 3 aromatic carbocycles. The summed E-state index contributed by atoms with van der Waals surface area (Å²) in [5.74, 6) is -0.431. The molecule has 0 aliphatic rings. The number of amides is 1. The number of carbonyl (C=O) groups excluding carboxylic acids is 1. The molecule has 0 saturated heterocycles. The molecule has 1 aromatic heterocycles. The highest BCUT2D eigenvalue weighted by atomic mass is 19.1. The minimum absolute atomic E-state index is 0.0781. The standard InChI is InChI=1S/C28H29FN2O/c1-28(2,3)22-11-9-21(10-12-22)19-31(18-16-20-7-5-4-6-8-20)27(32)24-13-14-25(29)23-15-17-30-26(23)24/h4-15,17,30H,16,18-19H2,1-3H3. The van der Waals surface area contributed by atoms with Crippen molar-refractivity contribution in [1.29, 1.82) is 0 Å². The van der Waals surface area contributed by atoms with Crippen molar-refractivity contribution in [2.45, 2.75) is 39.2 Å². The number of rotatable bonds is 6. The molecule has 4 rings (SSSR count). The number of hydrogen-bond donors (Lipinski definition) is 1. The number of nitrogens with zero attached hydrogens (tertiary/aromatic N) is 1. The van der Waals surface area contributed by atoms with Gasteiger partial charge in [-0.15, -0.1) is 0 Å². The van der Waals surface area contributed by atoms with Gasteiger partial charge in [0.2, 0.25) is 0 Å². The van der Waals surface area contributed by atoms with Gasteiger partial charge in [0.15, 0.2) is 0 Å². The van der Waals surface area contributed by atoms with Crippen LogP contribution in [0.25, 0.3) is 10.9 Å². The van der Waals surface area contributed by atoms with Gasteiger partial charge in [-0.3, -0.25) is 4.79 Å². The molecular formula is C28H29FN2O. The molecule has 0 atom stereocenters. The molecule has 1 heterocycles. The summed E-state index contributed by atoms with van der Waals surface area (Å²) in [7, 11) is 0.